The number of likely N-dealkylation sites (N-methyl/N-ethyl adjacent to an activating group) is 1. The molecule has 4 nitrogen and oxygen atoms in total. The van der Waals surface area contributed by atoms with E-state index < -0.39 is 0 Å². The van der Waals surface area contributed by atoms with Crippen LogP contribution < -0.4 is 14.4 Å². The molecule has 0 aromatic heterocycles. The summed E-state index contributed by atoms with van der Waals surface area (Å²) in [5.74, 6) is 0.702. The summed E-state index contributed by atoms with van der Waals surface area (Å²) in [7, 11) is 1.56. The number of para-hydroxylation sites is 1. The SMILES string of the molecule is CCN1C(=O)/C(=C\c2cc(Br)c(OCc3cccc(F)c3)c(OC)c2)c2ccccc21. The van der Waals surface area contributed by atoms with Gasteiger partial charge in [0.25, 0.3) is 5.91 Å². The van der Waals surface area contributed by atoms with Crippen LogP contribution in [0.15, 0.2) is 65.1 Å². The number of carbonyl (C=O) groups is 1. The van der Waals surface area contributed by atoms with Gasteiger partial charge in [-0.15, -0.1) is 0 Å². The summed E-state index contributed by atoms with van der Waals surface area (Å²) in [6.45, 7) is 2.76. The molecule has 31 heavy (non-hydrogen) atoms. The molecule has 0 bridgehead atoms. The zero-order valence-corrected chi connectivity index (χ0v) is 18.8. The minimum absolute atomic E-state index is 0.0229. The Bertz CT molecular complexity index is 1180. The van der Waals surface area contributed by atoms with Gasteiger partial charge in [0.1, 0.15) is 12.4 Å². The van der Waals surface area contributed by atoms with Crippen molar-refractivity contribution >= 4 is 39.2 Å². The van der Waals surface area contributed by atoms with Gasteiger partial charge in [0.05, 0.1) is 17.3 Å². The highest BCUT2D eigenvalue weighted by atomic mass is 79.9. The van der Waals surface area contributed by atoms with Crippen LogP contribution in [0.3, 0.4) is 0 Å². The predicted molar refractivity (Wildman–Crippen MR) is 124 cm³/mol. The summed E-state index contributed by atoms with van der Waals surface area (Å²) >= 11 is 3.54. The fraction of sp³-hybridized carbons (Fsp3) is 0.160. The number of fused-ring (bicyclic) bond motifs is 1. The molecule has 0 atom stereocenters. The number of benzene rings is 3. The first kappa shape index (κ1) is 21.1. The van der Waals surface area contributed by atoms with Crippen LogP contribution in [-0.4, -0.2) is 19.6 Å². The van der Waals surface area contributed by atoms with E-state index in [-0.39, 0.29) is 18.3 Å². The lowest BCUT2D eigenvalue weighted by molar-refractivity contribution is -0.112. The van der Waals surface area contributed by atoms with Gasteiger partial charge >= 0.3 is 0 Å². The standard InChI is InChI=1S/C25H21BrFNO3/c1-3-28-22-10-5-4-9-19(22)20(25(28)29)12-17-13-21(26)24(23(14-17)30-2)31-15-16-7-6-8-18(27)11-16/h4-14H,3,15H2,1-2H3/b20-12-. The molecule has 1 aliphatic heterocycles. The molecule has 3 aromatic carbocycles. The molecular weight excluding hydrogens is 461 g/mol. The average Bonchev–Trinajstić information content (AvgIpc) is 3.03. The number of carbonyl (C=O) groups excluding carboxylic acids is 1. The second-order valence-corrected chi connectivity index (χ2v) is 7.93. The summed E-state index contributed by atoms with van der Waals surface area (Å²) in [6.07, 6.45) is 1.86. The second-order valence-electron chi connectivity index (χ2n) is 7.08. The van der Waals surface area contributed by atoms with Crippen LogP contribution in [0, 0.1) is 5.82 Å². The Labute approximate surface area is 189 Å². The molecule has 0 N–H and O–H groups in total. The molecule has 158 valence electrons. The third-order valence-corrected chi connectivity index (χ3v) is 5.70. The Morgan fingerprint density at radius 3 is 2.65 bits per heavy atom. The van der Waals surface area contributed by atoms with E-state index in [0.29, 0.717) is 33.7 Å². The molecule has 0 saturated carbocycles. The van der Waals surface area contributed by atoms with Crippen LogP contribution in [-0.2, 0) is 11.4 Å². The number of nitrogens with zero attached hydrogens (tertiary/aromatic N) is 1. The maximum atomic E-state index is 13.4. The third-order valence-electron chi connectivity index (χ3n) is 5.11. The fourth-order valence-corrected chi connectivity index (χ4v) is 4.25. The molecule has 1 heterocycles. The fourth-order valence-electron chi connectivity index (χ4n) is 3.67. The van der Waals surface area contributed by atoms with Gasteiger partial charge in [-0.25, -0.2) is 4.39 Å². The maximum Gasteiger partial charge on any atom is 0.258 e. The highest BCUT2D eigenvalue weighted by molar-refractivity contribution is 9.10. The lowest BCUT2D eigenvalue weighted by Gasteiger charge is -2.14. The van der Waals surface area contributed by atoms with Gasteiger partial charge in [-0.1, -0.05) is 30.3 Å². The molecule has 1 amide bonds. The number of hydrogen-bond acceptors (Lipinski definition) is 3. The van der Waals surface area contributed by atoms with E-state index in [1.54, 1.807) is 24.1 Å². The largest absolute Gasteiger partial charge is 0.493 e. The molecule has 0 fully saturated rings. The Morgan fingerprint density at radius 2 is 1.90 bits per heavy atom. The molecule has 0 spiro atoms. The van der Waals surface area contributed by atoms with Gasteiger partial charge in [-0.2, -0.15) is 0 Å². The van der Waals surface area contributed by atoms with Gasteiger partial charge in [-0.05, 0) is 70.4 Å². The Kier molecular flexibility index (Phi) is 6.09. The van der Waals surface area contributed by atoms with Crippen molar-refractivity contribution in [3.63, 3.8) is 0 Å². The van der Waals surface area contributed by atoms with E-state index in [1.807, 2.05) is 49.4 Å². The van der Waals surface area contributed by atoms with Crippen molar-refractivity contribution in [2.75, 3.05) is 18.6 Å². The summed E-state index contributed by atoms with van der Waals surface area (Å²) < 4.78 is 25.5. The van der Waals surface area contributed by atoms with Crippen molar-refractivity contribution in [2.45, 2.75) is 13.5 Å². The minimum Gasteiger partial charge on any atom is -0.493 e. The molecule has 0 saturated heterocycles. The highest BCUT2D eigenvalue weighted by Crippen LogP contribution is 2.41. The first-order valence-corrected chi connectivity index (χ1v) is 10.7. The van der Waals surface area contributed by atoms with Gasteiger partial charge in [0.15, 0.2) is 11.5 Å². The lowest BCUT2D eigenvalue weighted by Crippen LogP contribution is -2.25. The third kappa shape index (κ3) is 4.21. The molecule has 3 aromatic rings. The van der Waals surface area contributed by atoms with Gasteiger partial charge in [0, 0.05) is 17.7 Å². The topological polar surface area (TPSA) is 38.8 Å². The van der Waals surface area contributed by atoms with Crippen molar-refractivity contribution in [2.24, 2.45) is 0 Å². The number of methoxy groups -OCH3 is 1. The van der Waals surface area contributed by atoms with Crippen LogP contribution in [0.4, 0.5) is 10.1 Å². The number of anilines is 1. The number of hydrogen-bond donors (Lipinski definition) is 0. The van der Waals surface area contributed by atoms with E-state index >= 15 is 0 Å². The highest BCUT2D eigenvalue weighted by Gasteiger charge is 2.30. The average molecular weight is 482 g/mol. The van der Waals surface area contributed by atoms with Gasteiger partial charge in [0.2, 0.25) is 0 Å². The summed E-state index contributed by atoms with van der Waals surface area (Å²) in [5.41, 5.74) is 3.99. The Hall–Kier alpha value is -3.12. The number of amides is 1. The van der Waals surface area contributed by atoms with Crippen molar-refractivity contribution in [3.05, 3.63) is 87.6 Å². The molecular formula is C25H21BrFNO3. The van der Waals surface area contributed by atoms with E-state index in [9.17, 15) is 9.18 Å². The van der Waals surface area contributed by atoms with Gasteiger partial charge < -0.3 is 14.4 Å². The molecule has 4 rings (SSSR count). The van der Waals surface area contributed by atoms with Crippen molar-refractivity contribution in [1.29, 1.82) is 0 Å². The minimum atomic E-state index is -0.309. The van der Waals surface area contributed by atoms with E-state index in [2.05, 4.69) is 15.9 Å². The number of halogens is 2. The quantitative estimate of drug-likeness (QED) is 0.400. The molecule has 6 heteroatoms. The van der Waals surface area contributed by atoms with Crippen LogP contribution in [0.5, 0.6) is 11.5 Å². The van der Waals surface area contributed by atoms with Crippen molar-refractivity contribution in [1.82, 2.24) is 0 Å². The molecule has 0 unspecified atom stereocenters. The maximum absolute atomic E-state index is 13.4. The summed E-state index contributed by atoms with van der Waals surface area (Å²) in [6, 6.07) is 17.7. The monoisotopic (exact) mass is 481 g/mol. The normalized spacial score (nSPS) is 14.1. The first-order valence-electron chi connectivity index (χ1n) is 9.89. The lowest BCUT2D eigenvalue weighted by atomic mass is 10.0. The molecule has 1 aliphatic rings. The Balaban J connectivity index is 1.66. The summed E-state index contributed by atoms with van der Waals surface area (Å²) in [4.78, 5) is 14.7. The van der Waals surface area contributed by atoms with Crippen molar-refractivity contribution in [3.8, 4) is 11.5 Å². The van der Waals surface area contributed by atoms with Crippen LogP contribution in [0.2, 0.25) is 0 Å². The smallest absolute Gasteiger partial charge is 0.258 e. The van der Waals surface area contributed by atoms with Crippen molar-refractivity contribution < 1.29 is 18.7 Å². The van der Waals surface area contributed by atoms with Crippen LogP contribution >= 0.6 is 15.9 Å². The number of rotatable bonds is 6. The second kappa shape index (κ2) is 8.94. The van der Waals surface area contributed by atoms with Gasteiger partial charge in [-0.3, -0.25) is 4.79 Å². The van der Waals surface area contributed by atoms with E-state index in [0.717, 1.165) is 16.8 Å². The Morgan fingerprint density at radius 1 is 1.10 bits per heavy atom. The van der Waals surface area contributed by atoms with Crippen LogP contribution in [0.1, 0.15) is 23.6 Å². The predicted octanol–water partition coefficient (Wildman–Crippen LogP) is 6.08. The molecule has 0 aliphatic carbocycles. The zero-order chi connectivity index (χ0) is 22.0. The summed E-state index contributed by atoms with van der Waals surface area (Å²) in [5, 5.41) is 0. The van der Waals surface area contributed by atoms with E-state index in [4.69, 9.17) is 9.47 Å². The first-order chi connectivity index (χ1) is 15.0. The van der Waals surface area contributed by atoms with E-state index in [1.165, 1.54) is 12.1 Å². The zero-order valence-electron chi connectivity index (χ0n) is 17.2. The molecule has 0 radical (unpaired) electrons. The number of ether oxygens (including phenoxy) is 2. The van der Waals surface area contributed by atoms with Crippen LogP contribution in [0.25, 0.3) is 11.6 Å².